The summed E-state index contributed by atoms with van der Waals surface area (Å²) in [5, 5.41) is 5.40. The van der Waals surface area contributed by atoms with Crippen molar-refractivity contribution in [2.24, 2.45) is 11.5 Å². The van der Waals surface area contributed by atoms with E-state index in [2.05, 4.69) is 15.4 Å². The minimum absolute atomic E-state index is 0.150. The summed E-state index contributed by atoms with van der Waals surface area (Å²) in [5.41, 5.74) is 10.9. The Kier molecular flexibility index (Phi) is 9.31. The lowest BCUT2D eigenvalue weighted by Gasteiger charge is -2.12. The van der Waals surface area contributed by atoms with E-state index in [4.69, 9.17) is 11.5 Å². The van der Waals surface area contributed by atoms with E-state index in [1.807, 2.05) is 0 Å². The molecule has 6 N–H and O–H groups in total. The van der Waals surface area contributed by atoms with Crippen molar-refractivity contribution in [2.75, 3.05) is 32.8 Å². The van der Waals surface area contributed by atoms with Gasteiger partial charge in [0.1, 0.15) is 6.54 Å². The van der Waals surface area contributed by atoms with Crippen LogP contribution in [0.15, 0.2) is 0 Å². The van der Waals surface area contributed by atoms with Crippen molar-refractivity contribution >= 4 is 11.9 Å². The minimum atomic E-state index is -0.679. The van der Waals surface area contributed by atoms with Gasteiger partial charge in [-0.25, -0.2) is 0 Å². The maximum absolute atomic E-state index is 11.4. The molecule has 0 aliphatic rings. The summed E-state index contributed by atoms with van der Waals surface area (Å²) in [5.74, 6) is -0.845. The van der Waals surface area contributed by atoms with Gasteiger partial charge in [0, 0.05) is 6.54 Å². The predicted octanol–water partition coefficient (Wildman–Crippen LogP) is -2.07. The number of hydrogen-bond donors (Lipinski definition) is 4. The van der Waals surface area contributed by atoms with Crippen LogP contribution in [0.25, 0.3) is 0 Å². The quantitative estimate of drug-likeness (QED) is 0.274. The van der Waals surface area contributed by atoms with Gasteiger partial charge in [-0.2, -0.15) is 0 Å². The molecule has 0 aromatic heterocycles. The number of carbonyl (C=O) groups is 2. The van der Waals surface area contributed by atoms with E-state index in [-0.39, 0.29) is 12.5 Å². The van der Waals surface area contributed by atoms with Gasteiger partial charge in [0.25, 0.3) is 0 Å². The van der Waals surface area contributed by atoms with Gasteiger partial charge in [0.15, 0.2) is 0 Å². The van der Waals surface area contributed by atoms with Gasteiger partial charge in [-0.15, -0.1) is 0 Å². The van der Waals surface area contributed by atoms with Crippen molar-refractivity contribution in [3.05, 3.63) is 0 Å². The molecule has 0 radical (unpaired) electrons. The van der Waals surface area contributed by atoms with E-state index >= 15 is 0 Å². The lowest BCUT2D eigenvalue weighted by Crippen LogP contribution is -2.48. The molecule has 17 heavy (non-hydrogen) atoms. The maximum Gasteiger partial charge on any atom is 0.325 e. The van der Waals surface area contributed by atoms with Crippen LogP contribution in [-0.4, -0.2) is 50.7 Å². The number of rotatable bonds is 9. The molecule has 0 heterocycles. The van der Waals surface area contributed by atoms with Gasteiger partial charge in [-0.3, -0.25) is 9.59 Å². The number of esters is 1. The Morgan fingerprint density at radius 3 is 2.71 bits per heavy atom. The largest absolute Gasteiger partial charge is 0.465 e. The highest BCUT2D eigenvalue weighted by Gasteiger charge is 2.13. The van der Waals surface area contributed by atoms with E-state index in [0.29, 0.717) is 19.7 Å². The number of nitrogens with one attached hydrogen (secondary N) is 2. The second kappa shape index (κ2) is 10.0. The van der Waals surface area contributed by atoms with Crippen molar-refractivity contribution in [1.82, 2.24) is 10.6 Å². The van der Waals surface area contributed by atoms with E-state index in [1.165, 1.54) is 0 Å². The lowest BCUT2D eigenvalue weighted by atomic mass is 10.3. The first-order chi connectivity index (χ1) is 8.11. The molecule has 100 valence electrons. The van der Waals surface area contributed by atoms with Crippen LogP contribution in [0.1, 0.15) is 13.3 Å². The fourth-order valence-corrected chi connectivity index (χ4v) is 1.08. The van der Waals surface area contributed by atoms with Gasteiger partial charge in [0.2, 0.25) is 5.91 Å². The molecule has 0 rings (SSSR count). The van der Waals surface area contributed by atoms with Crippen molar-refractivity contribution in [3.8, 4) is 0 Å². The monoisotopic (exact) mass is 246 g/mol. The van der Waals surface area contributed by atoms with E-state index < -0.39 is 12.0 Å². The first-order valence-electron chi connectivity index (χ1n) is 5.71. The number of ether oxygens (including phenoxy) is 1. The van der Waals surface area contributed by atoms with Gasteiger partial charge in [0.05, 0.1) is 12.6 Å². The molecule has 1 amide bonds. The van der Waals surface area contributed by atoms with Gasteiger partial charge in [-0.1, -0.05) is 0 Å². The normalized spacial score (nSPS) is 11.9. The van der Waals surface area contributed by atoms with Crippen LogP contribution < -0.4 is 22.1 Å². The summed E-state index contributed by atoms with van der Waals surface area (Å²) in [6, 6.07) is -0.679. The standard InChI is InChI=1S/C10H22N4O3/c1-2-17-9(15)7-14-10(16)8(12)6-13-5-3-4-11/h8,13H,2-7,11-12H2,1H3,(H,14,16). The summed E-state index contributed by atoms with van der Waals surface area (Å²) >= 11 is 0. The van der Waals surface area contributed by atoms with Gasteiger partial charge >= 0.3 is 5.97 Å². The molecule has 0 fully saturated rings. The second-order valence-electron chi connectivity index (χ2n) is 3.48. The molecule has 7 heteroatoms. The molecule has 0 aromatic carbocycles. The summed E-state index contributed by atoms with van der Waals surface area (Å²) in [6.07, 6.45) is 0.831. The van der Waals surface area contributed by atoms with Crippen molar-refractivity contribution in [1.29, 1.82) is 0 Å². The zero-order chi connectivity index (χ0) is 13.1. The van der Waals surface area contributed by atoms with E-state index in [1.54, 1.807) is 6.92 Å². The first-order valence-corrected chi connectivity index (χ1v) is 5.71. The third-order valence-electron chi connectivity index (χ3n) is 1.97. The topological polar surface area (TPSA) is 119 Å². The zero-order valence-electron chi connectivity index (χ0n) is 10.2. The molecule has 1 unspecified atom stereocenters. The Morgan fingerprint density at radius 1 is 1.41 bits per heavy atom. The molecule has 0 saturated heterocycles. The van der Waals surface area contributed by atoms with Gasteiger partial charge < -0.3 is 26.8 Å². The molecule has 1 atom stereocenters. The number of nitrogens with two attached hydrogens (primary N) is 2. The van der Waals surface area contributed by atoms with Crippen LogP contribution in [0.2, 0.25) is 0 Å². The number of hydrogen-bond acceptors (Lipinski definition) is 6. The van der Waals surface area contributed by atoms with Crippen LogP contribution in [0.5, 0.6) is 0 Å². The highest BCUT2D eigenvalue weighted by molar-refractivity contribution is 5.85. The van der Waals surface area contributed by atoms with Crippen molar-refractivity contribution < 1.29 is 14.3 Å². The molecular weight excluding hydrogens is 224 g/mol. The van der Waals surface area contributed by atoms with Gasteiger partial charge in [-0.05, 0) is 26.4 Å². The van der Waals surface area contributed by atoms with Crippen molar-refractivity contribution in [2.45, 2.75) is 19.4 Å². The number of carbonyl (C=O) groups excluding carboxylic acids is 2. The summed E-state index contributed by atoms with van der Waals surface area (Å²) < 4.78 is 4.66. The maximum atomic E-state index is 11.4. The Hall–Kier alpha value is -1.18. The summed E-state index contributed by atoms with van der Waals surface area (Å²) in [7, 11) is 0. The molecule has 0 bridgehead atoms. The molecule has 0 spiro atoms. The molecule has 0 aliphatic heterocycles. The molecular formula is C10H22N4O3. The van der Waals surface area contributed by atoms with E-state index in [9.17, 15) is 9.59 Å². The van der Waals surface area contributed by atoms with Crippen LogP contribution >= 0.6 is 0 Å². The molecule has 0 aromatic rings. The van der Waals surface area contributed by atoms with Crippen LogP contribution in [0, 0.1) is 0 Å². The average Bonchev–Trinajstić information content (AvgIpc) is 2.31. The lowest BCUT2D eigenvalue weighted by molar-refractivity contribution is -0.143. The Bertz CT molecular complexity index is 236. The van der Waals surface area contributed by atoms with Crippen LogP contribution in [-0.2, 0) is 14.3 Å². The zero-order valence-corrected chi connectivity index (χ0v) is 10.2. The highest BCUT2D eigenvalue weighted by Crippen LogP contribution is 1.80. The Balaban J connectivity index is 3.63. The SMILES string of the molecule is CCOC(=O)CNC(=O)C(N)CNCCCN. The molecule has 0 aliphatic carbocycles. The fraction of sp³-hybridized carbons (Fsp3) is 0.800. The molecule has 0 saturated carbocycles. The van der Waals surface area contributed by atoms with Crippen LogP contribution in [0.4, 0.5) is 0 Å². The summed E-state index contributed by atoms with van der Waals surface area (Å²) in [4.78, 5) is 22.4. The number of amides is 1. The minimum Gasteiger partial charge on any atom is -0.465 e. The second-order valence-corrected chi connectivity index (χ2v) is 3.48. The van der Waals surface area contributed by atoms with Crippen molar-refractivity contribution in [3.63, 3.8) is 0 Å². The summed E-state index contributed by atoms with van der Waals surface area (Å²) in [6.45, 7) is 3.51. The Labute approximate surface area is 101 Å². The first kappa shape index (κ1) is 15.8. The Morgan fingerprint density at radius 2 is 2.12 bits per heavy atom. The van der Waals surface area contributed by atoms with Crippen LogP contribution in [0.3, 0.4) is 0 Å². The highest BCUT2D eigenvalue weighted by atomic mass is 16.5. The third kappa shape index (κ3) is 8.61. The fourth-order valence-electron chi connectivity index (χ4n) is 1.08. The smallest absolute Gasteiger partial charge is 0.325 e. The predicted molar refractivity (Wildman–Crippen MR) is 64.2 cm³/mol. The van der Waals surface area contributed by atoms with E-state index in [0.717, 1.165) is 13.0 Å². The average molecular weight is 246 g/mol. The molecule has 7 nitrogen and oxygen atoms in total. The third-order valence-corrected chi connectivity index (χ3v) is 1.97.